The number of aromatic nitrogens is 1. The zero-order chi connectivity index (χ0) is 27.7. The number of thioether (sulfide) groups is 1. The molecular weight excluding hydrogens is 570 g/mol. The van der Waals surface area contributed by atoms with Gasteiger partial charge in [0.2, 0.25) is 17.7 Å². The molecule has 40 heavy (non-hydrogen) atoms. The van der Waals surface area contributed by atoms with Gasteiger partial charge in [-0.3, -0.25) is 24.1 Å². The second-order valence-electron chi connectivity index (χ2n) is 10.9. The van der Waals surface area contributed by atoms with Crippen LogP contribution in [0.25, 0.3) is 0 Å². The fraction of sp³-hybridized carbons (Fsp3) is 0.379. The zero-order valence-corrected chi connectivity index (χ0v) is 23.9. The molecular formula is C29H26ClN3O5S2. The van der Waals surface area contributed by atoms with E-state index in [4.69, 9.17) is 16.3 Å². The van der Waals surface area contributed by atoms with E-state index in [0.717, 1.165) is 21.9 Å². The number of amides is 3. The van der Waals surface area contributed by atoms with Gasteiger partial charge in [-0.05, 0) is 66.1 Å². The monoisotopic (exact) mass is 595 g/mol. The molecule has 2 saturated carbocycles. The molecule has 1 aromatic heterocycles. The number of benzene rings is 2. The van der Waals surface area contributed by atoms with E-state index >= 15 is 0 Å². The van der Waals surface area contributed by atoms with Crippen molar-refractivity contribution in [3.8, 4) is 5.75 Å². The van der Waals surface area contributed by atoms with Gasteiger partial charge in [0, 0.05) is 39.7 Å². The minimum Gasteiger partial charge on any atom is -0.497 e. The van der Waals surface area contributed by atoms with E-state index in [0.29, 0.717) is 16.5 Å². The van der Waals surface area contributed by atoms with Crippen molar-refractivity contribution in [3.63, 3.8) is 0 Å². The van der Waals surface area contributed by atoms with Crippen molar-refractivity contribution in [2.45, 2.75) is 29.0 Å². The second kappa shape index (κ2) is 9.78. The SMILES string of the molecule is COc1ccc(NC(=O)CCN2C(=O)C3C4CC(C3C2=O)C2C(c3ccc(Cl)cc3)c3sc(=O)[nH]c3SC42)cc1. The Labute approximate surface area is 243 Å². The van der Waals surface area contributed by atoms with Crippen LogP contribution in [0.2, 0.25) is 5.02 Å². The quantitative estimate of drug-likeness (QED) is 0.403. The van der Waals surface area contributed by atoms with Crippen molar-refractivity contribution >= 4 is 58.1 Å². The second-order valence-corrected chi connectivity index (χ2v) is 13.5. The standard InChI is InChI=1S/C29H26ClN3O5S2/c1-38-16-8-6-15(7-9-16)31-19(34)10-11-33-27(35)22-17-12-18(23(22)28(33)36)24-21(17)20(13-2-4-14(30)5-3-13)25-26(39-24)32-29(37)40-25/h2-9,17-18,20-24H,10-12H2,1H3,(H,31,34)(H,32,37). The number of likely N-dealkylation sites (tertiary alicyclic amines) is 1. The molecule has 8 nitrogen and oxygen atoms in total. The summed E-state index contributed by atoms with van der Waals surface area (Å²) in [6, 6.07) is 14.7. The zero-order valence-electron chi connectivity index (χ0n) is 21.5. The number of H-pyrrole nitrogens is 1. The van der Waals surface area contributed by atoms with Gasteiger partial charge in [0.05, 0.1) is 24.0 Å². The highest BCUT2D eigenvalue weighted by molar-refractivity contribution is 8.00. The molecule has 2 aliphatic carbocycles. The fourth-order valence-corrected chi connectivity index (χ4v) is 10.5. The van der Waals surface area contributed by atoms with Crippen LogP contribution in [0.3, 0.4) is 0 Å². The van der Waals surface area contributed by atoms with E-state index in [9.17, 15) is 19.2 Å². The average Bonchev–Trinajstić information content (AvgIpc) is 3.68. The van der Waals surface area contributed by atoms with Gasteiger partial charge in [0.15, 0.2) is 0 Å². The van der Waals surface area contributed by atoms with Gasteiger partial charge in [0.1, 0.15) is 5.75 Å². The number of fused-ring (bicyclic) bond motifs is 9. The molecule has 0 radical (unpaired) electrons. The summed E-state index contributed by atoms with van der Waals surface area (Å²) < 4.78 is 5.15. The molecule has 0 spiro atoms. The lowest BCUT2D eigenvalue weighted by Crippen LogP contribution is -2.42. The Balaban J connectivity index is 1.12. The largest absolute Gasteiger partial charge is 0.497 e. The summed E-state index contributed by atoms with van der Waals surface area (Å²) in [6.45, 7) is 0.0653. The number of thiazole rings is 1. The molecule has 2 aromatic carbocycles. The fourth-order valence-electron chi connectivity index (χ4n) is 7.45. The third-order valence-corrected chi connectivity index (χ3v) is 11.8. The highest BCUT2D eigenvalue weighted by Gasteiger charge is 2.69. The first-order chi connectivity index (χ1) is 19.3. The molecule has 3 aromatic rings. The third kappa shape index (κ3) is 4.02. The van der Waals surface area contributed by atoms with E-state index in [1.165, 1.54) is 16.2 Å². The van der Waals surface area contributed by atoms with E-state index < -0.39 is 0 Å². The van der Waals surface area contributed by atoms with E-state index in [1.807, 2.05) is 24.3 Å². The summed E-state index contributed by atoms with van der Waals surface area (Å²) in [7, 11) is 1.57. The first-order valence-electron chi connectivity index (χ1n) is 13.3. The molecule has 3 amide bonds. The highest BCUT2D eigenvalue weighted by atomic mass is 35.5. The summed E-state index contributed by atoms with van der Waals surface area (Å²) in [5.41, 5.74) is 1.70. The van der Waals surface area contributed by atoms with Gasteiger partial charge in [-0.2, -0.15) is 0 Å². The number of anilines is 1. The number of carbonyl (C=O) groups is 3. The Kier molecular flexibility index (Phi) is 6.32. The minimum absolute atomic E-state index is 0.0335. The molecule has 4 aliphatic rings. The summed E-state index contributed by atoms with van der Waals surface area (Å²) in [6.07, 6.45) is 0.857. The topological polar surface area (TPSA) is 109 Å². The molecule has 7 unspecified atom stereocenters. The van der Waals surface area contributed by atoms with Crippen molar-refractivity contribution in [2.24, 2.45) is 29.6 Å². The number of nitrogens with one attached hydrogen (secondary N) is 2. The van der Waals surface area contributed by atoms with Gasteiger partial charge in [-0.1, -0.05) is 35.1 Å². The maximum Gasteiger partial charge on any atom is 0.305 e. The number of aromatic amines is 1. The molecule has 1 saturated heterocycles. The lowest BCUT2D eigenvalue weighted by atomic mass is 9.68. The van der Waals surface area contributed by atoms with Gasteiger partial charge >= 0.3 is 4.87 Å². The van der Waals surface area contributed by atoms with Crippen LogP contribution in [-0.4, -0.2) is 46.5 Å². The molecule has 3 heterocycles. The first-order valence-corrected chi connectivity index (χ1v) is 15.4. The number of carbonyl (C=O) groups excluding carboxylic acids is 3. The van der Waals surface area contributed by atoms with Crippen molar-refractivity contribution in [3.05, 3.63) is 73.7 Å². The minimum atomic E-state index is -0.379. The van der Waals surface area contributed by atoms with E-state index in [2.05, 4.69) is 10.3 Å². The lowest BCUT2D eigenvalue weighted by Gasteiger charge is -2.43. The van der Waals surface area contributed by atoms with Crippen LogP contribution in [0.15, 0.2) is 58.4 Å². The van der Waals surface area contributed by atoms with Crippen LogP contribution in [0, 0.1) is 29.6 Å². The van der Waals surface area contributed by atoms with E-state index in [1.54, 1.807) is 43.1 Å². The summed E-state index contributed by atoms with van der Waals surface area (Å²) in [4.78, 5) is 57.6. The summed E-state index contributed by atoms with van der Waals surface area (Å²) in [5, 5.41) is 4.47. The Morgan fingerprint density at radius 2 is 1.75 bits per heavy atom. The van der Waals surface area contributed by atoms with Crippen LogP contribution in [0.4, 0.5) is 5.69 Å². The van der Waals surface area contributed by atoms with Gasteiger partial charge < -0.3 is 15.0 Å². The van der Waals surface area contributed by atoms with Crippen molar-refractivity contribution in [1.29, 1.82) is 0 Å². The van der Waals surface area contributed by atoms with Gasteiger partial charge in [-0.25, -0.2) is 0 Å². The van der Waals surface area contributed by atoms with Crippen LogP contribution in [0.1, 0.15) is 29.2 Å². The Morgan fingerprint density at radius 3 is 2.45 bits per heavy atom. The number of methoxy groups -OCH3 is 1. The Bertz CT molecular complexity index is 1570. The van der Waals surface area contributed by atoms with Gasteiger partial charge in [0.25, 0.3) is 0 Å². The number of imide groups is 1. The lowest BCUT2D eigenvalue weighted by molar-refractivity contribution is -0.141. The molecule has 11 heteroatoms. The number of ether oxygens (including phenoxy) is 1. The van der Waals surface area contributed by atoms with Crippen molar-refractivity contribution in [1.82, 2.24) is 9.88 Å². The van der Waals surface area contributed by atoms with Crippen LogP contribution < -0.4 is 14.9 Å². The highest BCUT2D eigenvalue weighted by Crippen LogP contribution is 2.68. The third-order valence-electron chi connectivity index (χ3n) is 8.98. The Hall–Kier alpha value is -3.08. The predicted molar refractivity (Wildman–Crippen MR) is 153 cm³/mol. The summed E-state index contributed by atoms with van der Waals surface area (Å²) >= 11 is 9.08. The number of nitrogens with zero attached hydrogens (tertiary/aromatic N) is 1. The normalized spacial score (nSPS) is 29.8. The van der Waals surface area contributed by atoms with Crippen LogP contribution in [0.5, 0.6) is 5.75 Å². The van der Waals surface area contributed by atoms with E-state index in [-0.39, 0.29) is 76.3 Å². The number of rotatable bonds is 6. The van der Waals surface area contributed by atoms with Crippen molar-refractivity contribution < 1.29 is 19.1 Å². The molecule has 7 rings (SSSR count). The smallest absolute Gasteiger partial charge is 0.305 e. The van der Waals surface area contributed by atoms with Crippen molar-refractivity contribution in [2.75, 3.05) is 19.0 Å². The van der Waals surface area contributed by atoms with Crippen LogP contribution in [-0.2, 0) is 14.4 Å². The van der Waals surface area contributed by atoms with Gasteiger partial charge in [-0.15, -0.1) is 11.8 Å². The Morgan fingerprint density at radius 1 is 1.05 bits per heavy atom. The first kappa shape index (κ1) is 25.9. The summed E-state index contributed by atoms with van der Waals surface area (Å²) in [5.74, 6) is -0.463. The maximum absolute atomic E-state index is 13.7. The molecule has 2 bridgehead atoms. The maximum atomic E-state index is 13.7. The molecule has 2 N–H and O–H groups in total. The molecule has 3 fully saturated rings. The number of halogens is 1. The molecule has 2 aliphatic heterocycles. The molecule has 7 atom stereocenters. The predicted octanol–water partition coefficient (Wildman–Crippen LogP) is 4.60. The molecule has 206 valence electrons. The number of hydrogen-bond donors (Lipinski definition) is 2. The van der Waals surface area contributed by atoms with Crippen LogP contribution >= 0.6 is 34.7 Å². The number of hydrogen-bond acceptors (Lipinski definition) is 7. The average molecular weight is 596 g/mol.